The van der Waals surface area contributed by atoms with Crippen LogP contribution in [0.15, 0.2) is 12.7 Å². The van der Waals surface area contributed by atoms with E-state index in [1.807, 2.05) is 0 Å². The summed E-state index contributed by atoms with van der Waals surface area (Å²) in [5.74, 6) is -1.52. The van der Waals surface area contributed by atoms with Gasteiger partial charge in [-0.2, -0.15) is 0 Å². The van der Waals surface area contributed by atoms with E-state index in [0.29, 0.717) is 0 Å². The Hall–Kier alpha value is -1.36. The fourth-order valence-corrected chi connectivity index (χ4v) is 0.579. The molecule has 0 radical (unpaired) electrons. The van der Waals surface area contributed by atoms with E-state index in [9.17, 15) is 9.59 Å². The van der Waals surface area contributed by atoms with E-state index in [4.69, 9.17) is 5.11 Å². The minimum atomic E-state index is -1.25. The average molecular weight is 202 g/mol. The summed E-state index contributed by atoms with van der Waals surface area (Å²) in [6.07, 6.45) is -0.858. The summed E-state index contributed by atoms with van der Waals surface area (Å²) in [7, 11) is 0. The van der Waals surface area contributed by atoms with Crippen LogP contribution < -0.4 is 0 Å². The lowest BCUT2D eigenvalue weighted by Gasteiger charge is -2.12. The van der Waals surface area contributed by atoms with E-state index >= 15 is 0 Å². The van der Waals surface area contributed by atoms with Crippen LogP contribution in [0.25, 0.3) is 0 Å². The molecule has 5 nitrogen and oxygen atoms in total. The van der Waals surface area contributed by atoms with Crippen molar-refractivity contribution in [2.24, 2.45) is 0 Å². The zero-order valence-electron chi connectivity index (χ0n) is 8.23. The van der Waals surface area contributed by atoms with Crippen LogP contribution in [-0.4, -0.2) is 35.9 Å². The third kappa shape index (κ3) is 4.61. The first-order valence-electron chi connectivity index (χ1n) is 4.15. The first-order chi connectivity index (χ1) is 6.49. The number of aliphatic hydroxyl groups excluding tert-OH is 1. The molecule has 0 amide bonds. The number of ether oxygens (including phenoxy) is 2. The van der Waals surface area contributed by atoms with Gasteiger partial charge in [-0.1, -0.05) is 12.7 Å². The van der Waals surface area contributed by atoms with Crippen LogP contribution in [-0.2, 0) is 19.1 Å². The molecule has 0 aromatic rings. The highest BCUT2D eigenvalue weighted by atomic mass is 16.6. The maximum absolute atomic E-state index is 11.0. The molecule has 0 aliphatic carbocycles. The molecular formula is C9H14O5. The molecule has 14 heavy (non-hydrogen) atoms. The SMILES string of the molecule is C=CCOC(=O)[C@@H](C)OC(=O)[C@H](C)O. The van der Waals surface area contributed by atoms with Crippen LogP contribution in [0.1, 0.15) is 13.8 Å². The summed E-state index contributed by atoms with van der Waals surface area (Å²) in [6, 6.07) is 0. The van der Waals surface area contributed by atoms with Gasteiger partial charge in [0.25, 0.3) is 0 Å². The summed E-state index contributed by atoms with van der Waals surface area (Å²) in [5.41, 5.74) is 0. The van der Waals surface area contributed by atoms with Gasteiger partial charge in [-0.15, -0.1) is 0 Å². The molecule has 0 aromatic heterocycles. The monoisotopic (exact) mass is 202 g/mol. The van der Waals surface area contributed by atoms with E-state index in [-0.39, 0.29) is 6.61 Å². The standard InChI is InChI=1S/C9H14O5/c1-4-5-13-9(12)7(3)14-8(11)6(2)10/h4,6-7,10H,1,5H2,2-3H3/t6-,7+/m0/s1. The number of rotatable bonds is 5. The fraction of sp³-hybridized carbons (Fsp3) is 0.556. The highest BCUT2D eigenvalue weighted by Crippen LogP contribution is 1.98. The maximum atomic E-state index is 11.0. The summed E-state index contributed by atoms with van der Waals surface area (Å²) >= 11 is 0. The lowest BCUT2D eigenvalue weighted by Crippen LogP contribution is -2.30. The van der Waals surface area contributed by atoms with Crippen LogP contribution >= 0.6 is 0 Å². The van der Waals surface area contributed by atoms with Gasteiger partial charge in [-0.25, -0.2) is 9.59 Å². The molecule has 0 heterocycles. The lowest BCUT2D eigenvalue weighted by molar-refractivity contribution is -0.170. The number of aliphatic hydroxyl groups is 1. The van der Waals surface area contributed by atoms with Gasteiger partial charge < -0.3 is 14.6 Å². The Kier molecular flexibility index (Phi) is 5.55. The number of hydrogen-bond donors (Lipinski definition) is 1. The lowest BCUT2D eigenvalue weighted by atomic mass is 10.4. The first kappa shape index (κ1) is 12.6. The number of hydrogen-bond acceptors (Lipinski definition) is 5. The van der Waals surface area contributed by atoms with Gasteiger partial charge in [0.15, 0.2) is 6.10 Å². The molecule has 0 aromatic carbocycles. The molecule has 0 fully saturated rings. The van der Waals surface area contributed by atoms with Crippen LogP contribution in [0.3, 0.4) is 0 Å². The largest absolute Gasteiger partial charge is 0.459 e. The van der Waals surface area contributed by atoms with E-state index in [1.54, 1.807) is 0 Å². The molecule has 80 valence electrons. The van der Waals surface area contributed by atoms with Gasteiger partial charge in [-0.3, -0.25) is 0 Å². The Morgan fingerprint density at radius 2 is 2.00 bits per heavy atom. The maximum Gasteiger partial charge on any atom is 0.347 e. The quantitative estimate of drug-likeness (QED) is 0.503. The van der Waals surface area contributed by atoms with Crippen LogP contribution in [0.5, 0.6) is 0 Å². The molecule has 1 N–H and O–H groups in total. The zero-order valence-corrected chi connectivity index (χ0v) is 8.23. The molecule has 0 unspecified atom stereocenters. The molecule has 0 aliphatic heterocycles. The van der Waals surface area contributed by atoms with Gasteiger partial charge in [0.2, 0.25) is 0 Å². The zero-order chi connectivity index (χ0) is 11.1. The van der Waals surface area contributed by atoms with E-state index < -0.39 is 24.1 Å². The second-order valence-electron chi connectivity index (χ2n) is 2.67. The van der Waals surface area contributed by atoms with E-state index in [0.717, 1.165) is 0 Å². The molecule has 0 saturated carbocycles. The highest BCUT2D eigenvalue weighted by molar-refractivity contribution is 5.80. The molecule has 2 atom stereocenters. The molecular weight excluding hydrogens is 188 g/mol. The van der Waals surface area contributed by atoms with Crippen molar-refractivity contribution in [2.75, 3.05) is 6.61 Å². The van der Waals surface area contributed by atoms with Gasteiger partial charge in [0.1, 0.15) is 12.7 Å². The van der Waals surface area contributed by atoms with Gasteiger partial charge in [0.05, 0.1) is 0 Å². The number of carbonyl (C=O) groups excluding carboxylic acids is 2. The molecule has 0 bridgehead atoms. The van der Waals surface area contributed by atoms with Crippen molar-refractivity contribution in [1.82, 2.24) is 0 Å². The summed E-state index contributed by atoms with van der Waals surface area (Å²) < 4.78 is 9.19. The summed E-state index contributed by atoms with van der Waals surface area (Å²) in [5, 5.41) is 8.78. The minimum absolute atomic E-state index is 0.0649. The smallest absolute Gasteiger partial charge is 0.347 e. The predicted molar refractivity (Wildman–Crippen MR) is 48.4 cm³/mol. The molecule has 0 saturated heterocycles. The number of carbonyl (C=O) groups is 2. The second kappa shape index (κ2) is 6.15. The van der Waals surface area contributed by atoms with Crippen molar-refractivity contribution in [1.29, 1.82) is 0 Å². The topological polar surface area (TPSA) is 72.8 Å². The Morgan fingerprint density at radius 3 is 2.43 bits per heavy atom. The average Bonchev–Trinajstić information content (AvgIpc) is 2.13. The molecule has 0 rings (SSSR count). The molecule has 5 heteroatoms. The van der Waals surface area contributed by atoms with Crippen molar-refractivity contribution < 1.29 is 24.2 Å². The van der Waals surface area contributed by atoms with E-state index in [2.05, 4.69) is 16.1 Å². The normalized spacial score (nSPS) is 13.9. The molecule has 0 spiro atoms. The number of esters is 2. The van der Waals surface area contributed by atoms with Crippen molar-refractivity contribution >= 4 is 11.9 Å². The van der Waals surface area contributed by atoms with Crippen LogP contribution in [0, 0.1) is 0 Å². The summed E-state index contributed by atoms with van der Waals surface area (Å²) in [6.45, 7) is 6.04. The second-order valence-corrected chi connectivity index (χ2v) is 2.67. The van der Waals surface area contributed by atoms with Gasteiger partial charge in [0, 0.05) is 0 Å². The van der Waals surface area contributed by atoms with E-state index in [1.165, 1.54) is 19.9 Å². The highest BCUT2D eigenvalue weighted by Gasteiger charge is 2.21. The van der Waals surface area contributed by atoms with Gasteiger partial charge in [-0.05, 0) is 13.8 Å². The van der Waals surface area contributed by atoms with Crippen LogP contribution in [0.2, 0.25) is 0 Å². The summed E-state index contributed by atoms with van der Waals surface area (Å²) in [4.78, 5) is 21.9. The Bertz CT molecular complexity index is 221. The van der Waals surface area contributed by atoms with Crippen molar-refractivity contribution in [3.05, 3.63) is 12.7 Å². The Balaban J connectivity index is 3.94. The van der Waals surface area contributed by atoms with Crippen LogP contribution in [0.4, 0.5) is 0 Å². The first-order valence-corrected chi connectivity index (χ1v) is 4.15. The third-order valence-corrected chi connectivity index (χ3v) is 1.31. The fourth-order valence-electron chi connectivity index (χ4n) is 0.579. The van der Waals surface area contributed by atoms with Crippen molar-refractivity contribution in [3.63, 3.8) is 0 Å². The third-order valence-electron chi connectivity index (χ3n) is 1.31. The van der Waals surface area contributed by atoms with Gasteiger partial charge >= 0.3 is 11.9 Å². The minimum Gasteiger partial charge on any atom is -0.459 e. The Labute approximate surface area is 82.3 Å². The molecule has 0 aliphatic rings. The predicted octanol–water partition coefficient (Wildman–Crippen LogP) is 0.0281. The van der Waals surface area contributed by atoms with Crippen molar-refractivity contribution in [3.8, 4) is 0 Å². The Morgan fingerprint density at radius 1 is 1.43 bits per heavy atom. The van der Waals surface area contributed by atoms with Crippen molar-refractivity contribution in [2.45, 2.75) is 26.1 Å².